The number of benzene rings is 6. The highest BCUT2D eigenvalue weighted by atomic mass is 35.5. The number of carboxylic acid groups (broad SMARTS) is 1. The van der Waals surface area contributed by atoms with Crippen molar-refractivity contribution in [3.05, 3.63) is 179 Å². The lowest BCUT2D eigenvalue weighted by Crippen LogP contribution is -2.30. The summed E-state index contributed by atoms with van der Waals surface area (Å²) < 4.78 is 12.0. The highest BCUT2D eigenvalue weighted by molar-refractivity contribution is 6.31. The Morgan fingerprint density at radius 1 is 0.700 bits per heavy atom. The molecule has 0 aromatic heterocycles. The van der Waals surface area contributed by atoms with Gasteiger partial charge in [0.05, 0.1) is 18.0 Å². The standard InChI is InChI=1S/C42H35ClN2O5/c43-33-21-24-38(44-27-29-15-22-34(23-16-29)49-28-30-9-3-1-4-10-30)37(25-33)42(48)45-39(26-41(46)47)32-19-17-31(18-20-32)36-13-7-8-14-40(36)50-35-11-5-2-6-12-35/h1-25,39,44H,26-28H2,(H,45,48)(H,46,47). The molecule has 0 saturated heterocycles. The van der Waals surface area contributed by atoms with Crippen LogP contribution < -0.4 is 20.1 Å². The molecule has 0 aliphatic heterocycles. The largest absolute Gasteiger partial charge is 0.489 e. The van der Waals surface area contributed by atoms with Crippen molar-refractivity contribution in [3.63, 3.8) is 0 Å². The average Bonchev–Trinajstić information content (AvgIpc) is 3.14. The number of rotatable bonds is 14. The van der Waals surface area contributed by atoms with Gasteiger partial charge in [-0.05, 0) is 70.8 Å². The fraction of sp³-hybridized carbons (Fsp3) is 0.0952. The maximum absolute atomic E-state index is 13.7. The zero-order valence-electron chi connectivity index (χ0n) is 27.1. The van der Waals surface area contributed by atoms with E-state index in [9.17, 15) is 14.7 Å². The second-order valence-corrected chi connectivity index (χ2v) is 12.1. The first-order chi connectivity index (χ1) is 24.4. The summed E-state index contributed by atoms with van der Waals surface area (Å²) in [5.41, 5.74) is 5.36. The molecule has 0 aliphatic carbocycles. The molecule has 0 heterocycles. The van der Waals surface area contributed by atoms with Crippen molar-refractivity contribution in [2.45, 2.75) is 25.6 Å². The predicted octanol–water partition coefficient (Wildman–Crippen LogP) is 9.94. The van der Waals surface area contributed by atoms with Crippen molar-refractivity contribution < 1.29 is 24.2 Å². The van der Waals surface area contributed by atoms with Crippen LogP contribution in [0.1, 0.15) is 39.5 Å². The number of halogens is 1. The third-order valence-electron chi connectivity index (χ3n) is 8.05. The van der Waals surface area contributed by atoms with E-state index in [4.69, 9.17) is 21.1 Å². The van der Waals surface area contributed by atoms with Crippen molar-refractivity contribution in [1.29, 1.82) is 0 Å². The van der Waals surface area contributed by atoms with Gasteiger partial charge in [-0.2, -0.15) is 0 Å². The summed E-state index contributed by atoms with van der Waals surface area (Å²) in [4.78, 5) is 25.6. The van der Waals surface area contributed by atoms with Crippen LogP contribution >= 0.6 is 11.6 Å². The molecule has 6 rings (SSSR count). The fourth-order valence-corrected chi connectivity index (χ4v) is 5.64. The number of anilines is 1. The Balaban J connectivity index is 1.14. The number of carboxylic acids is 1. The topological polar surface area (TPSA) is 96.9 Å². The highest BCUT2D eigenvalue weighted by Crippen LogP contribution is 2.34. The van der Waals surface area contributed by atoms with Crippen LogP contribution in [0.2, 0.25) is 5.02 Å². The summed E-state index contributed by atoms with van der Waals surface area (Å²) in [6, 6.07) is 46.6. The molecule has 0 bridgehead atoms. The van der Waals surface area contributed by atoms with Crippen molar-refractivity contribution in [1.82, 2.24) is 5.32 Å². The van der Waals surface area contributed by atoms with Crippen LogP contribution in [-0.2, 0) is 17.9 Å². The molecule has 3 N–H and O–H groups in total. The lowest BCUT2D eigenvalue weighted by Gasteiger charge is -2.20. The molecular weight excluding hydrogens is 648 g/mol. The van der Waals surface area contributed by atoms with Crippen LogP contribution in [0.5, 0.6) is 17.2 Å². The van der Waals surface area contributed by atoms with Crippen molar-refractivity contribution in [2.75, 3.05) is 5.32 Å². The normalized spacial score (nSPS) is 11.3. The Morgan fingerprint density at radius 2 is 1.38 bits per heavy atom. The number of ether oxygens (including phenoxy) is 2. The van der Waals surface area contributed by atoms with E-state index >= 15 is 0 Å². The van der Waals surface area contributed by atoms with E-state index in [0.717, 1.165) is 33.8 Å². The van der Waals surface area contributed by atoms with Crippen LogP contribution in [0.3, 0.4) is 0 Å². The Kier molecular flexibility index (Phi) is 11.1. The second kappa shape index (κ2) is 16.4. The molecule has 0 radical (unpaired) electrons. The van der Waals surface area contributed by atoms with Gasteiger partial charge >= 0.3 is 5.97 Å². The Bertz CT molecular complexity index is 2040. The molecule has 0 aliphatic rings. The van der Waals surface area contributed by atoms with Gasteiger partial charge in [-0.15, -0.1) is 0 Å². The molecule has 1 amide bonds. The van der Waals surface area contributed by atoms with E-state index in [1.165, 1.54) is 0 Å². The molecule has 8 heteroatoms. The minimum absolute atomic E-state index is 0.305. The fourth-order valence-electron chi connectivity index (χ4n) is 5.47. The maximum atomic E-state index is 13.7. The summed E-state index contributed by atoms with van der Waals surface area (Å²) in [5, 5.41) is 16.4. The average molecular weight is 683 g/mol. The molecule has 0 fully saturated rings. The molecular formula is C42H35ClN2O5. The van der Waals surface area contributed by atoms with Crippen LogP contribution in [0.25, 0.3) is 11.1 Å². The monoisotopic (exact) mass is 682 g/mol. The van der Waals surface area contributed by atoms with Crippen LogP contribution in [0, 0.1) is 0 Å². The maximum Gasteiger partial charge on any atom is 0.305 e. The molecule has 50 heavy (non-hydrogen) atoms. The molecule has 0 spiro atoms. The zero-order valence-corrected chi connectivity index (χ0v) is 27.8. The zero-order chi connectivity index (χ0) is 34.7. The molecule has 7 nitrogen and oxygen atoms in total. The Hall–Kier alpha value is -6.05. The number of carbonyl (C=O) groups is 2. The number of hydrogen-bond acceptors (Lipinski definition) is 5. The van der Waals surface area contributed by atoms with Gasteiger partial charge in [-0.1, -0.05) is 115 Å². The van der Waals surface area contributed by atoms with Gasteiger partial charge < -0.3 is 25.2 Å². The van der Waals surface area contributed by atoms with Crippen molar-refractivity contribution in [2.24, 2.45) is 0 Å². The van der Waals surface area contributed by atoms with Gasteiger partial charge in [0.15, 0.2) is 0 Å². The summed E-state index contributed by atoms with van der Waals surface area (Å²) in [6.45, 7) is 0.919. The first kappa shape index (κ1) is 33.8. The second-order valence-electron chi connectivity index (χ2n) is 11.6. The number of carbonyl (C=O) groups excluding carboxylic acids is 1. The van der Waals surface area contributed by atoms with Gasteiger partial charge in [-0.25, -0.2) is 0 Å². The summed E-state index contributed by atoms with van der Waals surface area (Å²) in [7, 11) is 0. The van der Waals surface area contributed by atoms with E-state index < -0.39 is 17.9 Å². The van der Waals surface area contributed by atoms with Gasteiger partial charge in [0.2, 0.25) is 0 Å². The van der Waals surface area contributed by atoms with Crippen LogP contribution in [-0.4, -0.2) is 17.0 Å². The molecule has 0 saturated carbocycles. The van der Waals surface area contributed by atoms with E-state index in [1.54, 1.807) is 18.2 Å². The van der Waals surface area contributed by atoms with Crippen molar-refractivity contribution >= 4 is 29.2 Å². The lowest BCUT2D eigenvalue weighted by molar-refractivity contribution is -0.137. The van der Waals surface area contributed by atoms with Crippen LogP contribution in [0.4, 0.5) is 5.69 Å². The first-order valence-corrected chi connectivity index (χ1v) is 16.5. The third kappa shape index (κ3) is 9.09. The summed E-state index contributed by atoms with van der Waals surface area (Å²) in [6.07, 6.45) is -0.305. The summed E-state index contributed by atoms with van der Waals surface area (Å²) >= 11 is 6.32. The first-order valence-electron chi connectivity index (χ1n) is 16.2. The number of nitrogens with one attached hydrogen (secondary N) is 2. The van der Waals surface area contributed by atoms with Gasteiger partial charge in [0, 0.05) is 22.8 Å². The molecule has 1 unspecified atom stereocenters. The van der Waals surface area contributed by atoms with Gasteiger partial charge in [-0.3, -0.25) is 9.59 Å². The lowest BCUT2D eigenvalue weighted by atomic mass is 9.98. The molecule has 6 aromatic rings. The van der Waals surface area contributed by atoms with E-state index in [2.05, 4.69) is 10.6 Å². The van der Waals surface area contributed by atoms with Crippen molar-refractivity contribution in [3.8, 4) is 28.4 Å². The highest BCUT2D eigenvalue weighted by Gasteiger charge is 2.21. The SMILES string of the molecule is O=C(O)CC(NC(=O)c1cc(Cl)ccc1NCc1ccc(OCc2ccccc2)cc1)c1ccc(-c2ccccc2Oc2ccccc2)cc1. The minimum atomic E-state index is -1.04. The third-order valence-corrected chi connectivity index (χ3v) is 8.28. The summed E-state index contributed by atoms with van der Waals surface area (Å²) in [5.74, 6) is 0.678. The smallest absolute Gasteiger partial charge is 0.305 e. The van der Waals surface area contributed by atoms with E-state index in [1.807, 2.05) is 133 Å². The number of amides is 1. The van der Waals surface area contributed by atoms with Gasteiger partial charge in [0.25, 0.3) is 5.91 Å². The van der Waals surface area contributed by atoms with Crippen LogP contribution in [0.15, 0.2) is 152 Å². The van der Waals surface area contributed by atoms with Gasteiger partial charge in [0.1, 0.15) is 23.9 Å². The quantitative estimate of drug-likeness (QED) is 0.106. The minimum Gasteiger partial charge on any atom is -0.489 e. The predicted molar refractivity (Wildman–Crippen MR) is 197 cm³/mol. The Labute approximate surface area is 296 Å². The van der Waals surface area contributed by atoms with E-state index in [-0.39, 0.29) is 6.42 Å². The molecule has 250 valence electrons. The van der Waals surface area contributed by atoms with E-state index in [0.29, 0.717) is 40.7 Å². The number of hydrogen-bond donors (Lipinski definition) is 3. The number of para-hydroxylation sites is 2. The Morgan fingerprint density at radius 3 is 2.10 bits per heavy atom. The molecule has 1 atom stereocenters. The number of aliphatic carboxylic acids is 1. The molecule has 6 aromatic carbocycles.